The van der Waals surface area contributed by atoms with E-state index in [1.807, 2.05) is 0 Å². The van der Waals surface area contributed by atoms with Crippen molar-refractivity contribution in [2.75, 3.05) is 0 Å². The van der Waals surface area contributed by atoms with Gasteiger partial charge in [0.2, 0.25) is 0 Å². The first-order chi connectivity index (χ1) is 28.1. The number of hydrogen-bond donors (Lipinski definition) is 0. The summed E-state index contributed by atoms with van der Waals surface area (Å²) in [6.45, 7) is 9.56. The Morgan fingerprint density at radius 2 is 0.746 bits per heavy atom. The average Bonchev–Trinajstić information content (AvgIpc) is 3.26. The third-order valence-corrected chi connectivity index (χ3v) is 17.0. The predicted octanol–water partition coefficient (Wildman–Crippen LogP) is 11.2. The van der Waals surface area contributed by atoms with Gasteiger partial charge < -0.3 is 0 Å². The number of nitrogens with zero attached hydrogens (tertiary/aromatic N) is 3. The summed E-state index contributed by atoms with van der Waals surface area (Å²) in [5, 5.41) is 5.42. The summed E-state index contributed by atoms with van der Waals surface area (Å²) in [5.41, 5.74) is 3.42. The molecule has 3 nitrogen and oxygen atoms in total. The Balaban J connectivity index is 0.000000234. The number of pyridine rings is 3. The standard InChI is InChI=1S/C35H35NP2.C16H9F2N2.Re/c1-34(2,37(28-18-9-5-10-19-28)29-20-11-6-12-21-29)32-26-17-27-33(36-32)35(3,4)38(30-22-13-7-14-23-30)31-24-15-8-16-25-31;17-13-10-14(18)12(16-6-2-4-8-20-16)9-11(13)15-5-1-3-7-19-15;/h5-27H,1-4H3;1-8,10H;/q;-1;/p+2. The van der Waals surface area contributed by atoms with E-state index in [4.69, 9.17) is 4.98 Å². The van der Waals surface area contributed by atoms with E-state index in [2.05, 4.69) is 183 Å². The van der Waals surface area contributed by atoms with Gasteiger partial charge in [0.05, 0.1) is 60.1 Å². The molecule has 3 heterocycles. The van der Waals surface area contributed by atoms with E-state index in [1.165, 1.54) is 32.6 Å². The summed E-state index contributed by atoms with van der Waals surface area (Å²) in [7, 11) is -2.33. The summed E-state index contributed by atoms with van der Waals surface area (Å²) in [5.74, 6) is -1.39. The minimum absolute atomic E-state index is 0. The van der Waals surface area contributed by atoms with Crippen LogP contribution in [0.15, 0.2) is 194 Å². The van der Waals surface area contributed by atoms with Crippen molar-refractivity contribution in [3.63, 3.8) is 0 Å². The maximum Gasteiger partial charge on any atom is 0.123 e. The molecule has 8 aromatic rings. The van der Waals surface area contributed by atoms with Crippen LogP contribution in [0.2, 0.25) is 0 Å². The van der Waals surface area contributed by atoms with E-state index in [0.29, 0.717) is 11.4 Å². The molecule has 0 aliphatic rings. The maximum atomic E-state index is 13.9. The molecule has 0 N–H and O–H groups in total. The molecule has 1 radical (unpaired) electrons. The topological polar surface area (TPSA) is 38.7 Å². The number of aromatic nitrogens is 3. The van der Waals surface area contributed by atoms with Gasteiger partial charge in [-0.25, -0.2) is 4.98 Å². The van der Waals surface area contributed by atoms with Gasteiger partial charge in [0, 0.05) is 44.2 Å². The van der Waals surface area contributed by atoms with Crippen LogP contribution in [0.4, 0.5) is 8.78 Å². The normalized spacial score (nSPS) is 11.4. The molecule has 0 atom stereocenters. The molecule has 0 spiro atoms. The van der Waals surface area contributed by atoms with Crippen molar-refractivity contribution in [3.05, 3.63) is 223 Å². The average molecular weight is 987 g/mol. The van der Waals surface area contributed by atoms with Gasteiger partial charge in [0.25, 0.3) is 0 Å². The summed E-state index contributed by atoms with van der Waals surface area (Å²) in [4.78, 5) is 13.6. The van der Waals surface area contributed by atoms with E-state index < -0.39 is 27.5 Å². The third-order valence-electron chi connectivity index (χ3n) is 10.4. The van der Waals surface area contributed by atoms with Gasteiger partial charge in [-0.3, -0.25) is 18.7 Å². The third kappa shape index (κ3) is 10.0. The quantitative estimate of drug-likeness (QED) is 0.101. The van der Waals surface area contributed by atoms with Crippen LogP contribution in [-0.2, 0) is 30.7 Å². The van der Waals surface area contributed by atoms with Crippen molar-refractivity contribution in [1.29, 1.82) is 0 Å². The first-order valence-electron chi connectivity index (χ1n) is 19.3. The fourth-order valence-electron chi connectivity index (χ4n) is 7.48. The summed E-state index contributed by atoms with van der Waals surface area (Å²) < 4.78 is 27.8. The van der Waals surface area contributed by atoms with Gasteiger partial charge in [0.15, 0.2) is 0 Å². The predicted molar refractivity (Wildman–Crippen MR) is 243 cm³/mol. The van der Waals surface area contributed by atoms with Crippen LogP contribution >= 0.6 is 15.8 Å². The molecular formula is C51H46F2N3P2Re+. The van der Waals surface area contributed by atoms with Gasteiger partial charge in [0.1, 0.15) is 10.3 Å². The molecule has 59 heavy (non-hydrogen) atoms. The van der Waals surface area contributed by atoms with E-state index in [-0.39, 0.29) is 41.9 Å². The number of halogens is 2. The Morgan fingerprint density at radius 3 is 1.05 bits per heavy atom. The van der Waals surface area contributed by atoms with Crippen LogP contribution in [-0.4, -0.2) is 15.0 Å². The first-order valence-corrected chi connectivity index (χ1v) is 22.3. The van der Waals surface area contributed by atoms with Gasteiger partial charge >= 0.3 is 0 Å². The van der Waals surface area contributed by atoms with Gasteiger partial charge in [-0.1, -0.05) is 120 Å². The Hall–Kier alpha value is -5.07. The second-order valence-corrected chi connectivity index (χ2v) is 21.3. The van der Waals surface area contributed by atoms with Crippen LogP contribution in [0.3, 0.4) is 0 Å². The summed E-state index contributed by atoms with van der Waals surface area (Å²) >= 11 is 0. The molecule has 0 amide bonds. The van der Waals surface area contributed by atoms with Crippen molar-refractivity contribution in [3.8, 4) is 22.5 Å². The van der Waals surface area contributed by atoms with Crippen molar-refractivity contribution >= 4 is 37.1 Å². The zero-order valence-electron chi connectivity index (χ0n) is 33.5. The van der Waals surface area contributed by atoms with Gasteiger partial charge in [-0.05, 0) is 100 Å². The number of rotatable bonds is 10. The molecule has 0 fully saturated rings. The molecule has 3 aromatic heterocycles. The Bertz CT molecular complexity index is 2280. The van der Waals surface area contributed by atoms with E-state index in [0.717, 1.165) is 6.07 Å². The minimum atomic E-state index is -1.17. The molecule has 5 aromatic carbocycles. The number of benzene rings is 5. The zero-order valence-corrected chi connectivity index (χ0v) is 38.2. The molecule has 8 rings (SSSR count). The Labute approximate surface area is 363 Å². The van der Waals surface area contributed by atoms with Gasteiger partial charge in [-0.2, -0.15) is 0 Å². The maximum absolute atomic E-state index is 13.9. The fraction of sp³-hybridized carbons (Fsp3) is 0.118. The molecule has 0 saturated heterocycles. The van der Waals surface area contributed by atoms with Crippen LogP contribution in [0, 0.1) is 17.7 Å². The number of hydrogen-bond acceptors (Lipinski definition) is 3. The van der Waals surface area contributed by atoms with E-state index in [1.54, 1.807) is 48.8 Å². The fourth-order valence-corrected chi connectivity index (χ4v) is 13.9. The van der Waals surface area contributed by atoms with Gasteiger partial charge in [-0.15, -0.1) is 6.07 Å². The van der Waals surface area contributed by atoms with Crippen molar-refractivity contribution in [2.45, 2.75) is 38.0 Å². The van der Waals surface area contributed by atoms with Crippen molar-refractivity contribution in [1.82, 2.24) is 15.0 Å². The van der Waals surface area contributed by atoms with Crippen LogP contribution < -0.4 is 21.2 Å². The molecule has 0 aliphatic heterocycles. The first kappa shape index (κ1) is 43.5. The summed E-state index contributed by atoms with van der Waals surface area (Å²) in [6.07, 6.45) is 3.10. The van der Waals surface area contributed by atoms with Crippen molar-refractivity contribution in [2.24, 2.45) is 0 Å². The molecule has 295 valence electrons. The molecule has 0 unspecified atom stereocenters. The SMILES string of the molecule is CC(C)(c1cccc(C(C)(C)[PH+](c2ccccc2)c2ccccc2)n1)[PH+](c1ccccc1)c1ccccc1.Fc1cc(F)c(-c2ccccn2)[c-]c1-c1ccccn1.[Re]. The zero-order chi connectivity index (χ0) is 40.5. The monoisotopic (exact) mass is 987 g/mol. The molecule has 0 bridgehead atoms. The summed E-state index contributed by atoms with van der Waals surface area (Å²) in [6, 6.07) is 64.6. The Morgan fingerprint density at radius 1 is 0.424 bits per heavy atom. The van der Waals surface area contributed by atoms with Crippen LogP contribution in [0.25, 0.3) is 22.5 Å². The molecule has 8 heteroatoms. The minimum Gasteiger partial charge on any atom is -0.295 e. The van der Waals surface area contributed by atoms with E-state index >= 15 is 0 Å². The second-order valence-electron chi connectivity index (χ2n) is 15.0. The largest absolute Gasteiger partial charge is 0.295 e. The smallest absolute Gasteiger partial charge is 0.123 e. The van der Waals surface area contributed by atoms with Crippen LogP contribution in [0.5, 0.6) is 0 Å². The molecule has 0 saturated carbocycles. The van der Waals surface area contributed by atoms with Crippen molar-refractivity contribution < 1.29 is 29.2 Å². The second kappa shape index (κ2) is 19.8. The van der Waals surface area contributed by atoms with Crippen LogP contribution in [0.1, 0.15) is 39.1 Å². The van der Waals surface area contributed by atoms with E-state index in [9.17, 15) is 8.78 Å². The molecular weight excluding hydrogens is 941 g/mol. The Kier molecular flexibility index (Phi) is 14.6. The molecule has 0 aliphatic carbocycles.